The number of nitrogens with zero attached hydrogens (tertiary/aromatic N) is 2. The van der Waals surface area contributed by atoms with Gasteiger partial charge in [0.15, 0.2) is 5.13 Å². The van der Waals surface area contributed by atoms with Crippen LogP contribution >= 0.6 is 34.0 Å². The van der Waals surface area contributed by atoms with E-state index in [9.17, 15) is 9.59 Å². The van der Waals surface area contributed by atoms with Crippen molar-refractivity contribution in [3.05, 3.63) is 38.1 Å². The third-order valence-corrected chi connectivity index (χ3v) is 7.68. The van der Waals surface area contributed by atoms with Gasteiger partial charge in [0.2, 0.25) is 5.91 Å². The third-order valence-electron chi connectivity index (χ3n) is 4.48. The molecule has 9 heteroatoms. The van der Waals surface area contributed by atoms with Gasteiger partial charge in [-0.1, -0.05) is 11.3 Å². The molecule has 0 aromatic carbocycles. The lowest BCUT2D eigenvalue weighted by molar-refractivity contribution is -0.116. The molecule has 0 atom stereocenters. The average molecular weight is 403 g/mol. The van der Waals surface area contributed by atoms with Crippen LogP contribution in [0, 0.1) is 0 Å². The number of carbonyl (C=O) groups is 1. The Hall–Kier alpha value is -2.10. The second-order valence-electron chi connectivity index (χ2n) is 6.21. The zero-order valence-electron chi connectivity index (χ0n) is 13.6. The number of rotatable bonds is 4. The van der Waals surface area contributed by atoms with Gasteiger partial charge in [0.05, 0.1) is 10.9 Å². The Balaban J connectivity index is 1.31. The van der Waals surface area contributed by atoms with Crippen LogP contribution in [0.3, 0.4) is 0 Å². The molecule has 4 aromatic rings. The number of aromatic nitrogens is 3. The number of aryl methyl sites for hydroxylation is 3. The zero-order valence-corrected chi connectivity index (χ0v) is 16.1. The van der Waals surface area contributed by atoms with E-state index in [0.717, 1.165) is 39.0 Å². The van der Waals surface area contributed by atoms with Gasteiger partial charge in [-0.25, -0.2) is 9.97 Å². The highest BCUT2D eigenvalue weighted by Crippen LogP contribution is 2.34. The first-order valence-electron chi connectivity index (χ1n) is 8.35. The molecule has 0 fully saturated rings. The van der Waals surface area contributed by atoms with Crippen molar-refractivity contribution < 1.29 is 4.79 Å². The van der Waals surface area contributed by atoms with Crippen LogP contribution in [0.5, 0.6) is 0 Å². The summed E-state index contributed by atoms with van der Waals surface area (Å²) in [5, 5.41) is 6.18. The Morgan fingerprint density at radius 3 is 3.08 bits per heavy atom. The van der Waals surface area contributed by atoms with E-state index in [1.165, 1.54) is 21.8 Å². The largest absolute Gasteiger partial charge is 0.310 e. The quantitative estimate of drug-likeness (QED) is 0.545. The molecule has 2 N–H and O–H groups in total. The highest BCUT2D eigenvalue weighted by molar-refractivity contribution is 7.39. The third kappa shape index (κ3) is 2.76. The number of nitrogens with one attached hydrogen (secondary N) is 2. The average Bonchev–Trinajstić information content (AvgIpc) is 3.32. The van der Waals surface area contributed by atoms with Crippen LogP contribution in [-0.2, 0) is 24.1 Å². The number of anilines is 1. The standard InChI is InChI=1S/C17H14N4O2S3/c22-12(21-17-18-9-6-7-24-16(9)26-17)5-4-11-19-14(23)13-8-2-1-3-10(8)25-15(13)20-11/h6-7H,1-5H2,(H,18,21,22)(H,19,20,23). The van der Waals surface area contributed by atoms with Gasteiger partial charge in [0.1, 0.15) is 14.7 Å². The molecule has 4 heterocycles. The van der Waals surface area contributed by atoms with E-state index < -0.39 is 0 Å². The minimum absolute atomic E-state index is 0.0787. The van der Waals surface area contributed by atoms with E-state index >= 15 is 0 Å². The normalized spacial score (nSPS) is 13.5. The van der Waals surface area contributed by atoms with Gasteiger partial charge in [-0.2, -0.15) is 0 Å². The molecule has 1 aliphatic carbocycles. The van der Waals surface area contributed by atoms with Crippen molar-refractivity contribution in [1.82, 2.24) is 15.0 Å². The van der Waals surface area contributed by atoms with Crippen molar-refractivity contribution in [2.45, 2.75) is 32.1 Å². The predicted molar refractivity (Wildman–Crippen MR) is 107 cm³/mol. The van der Waals surface area contributed by atoms with Gasteiger partial charge in [-0.05, 0) is 36.3 Å². The van der Waals surface area contributed by atoms with Gasteiger partial charge in [-0.15, -0.1) is 22.7 Å². The number of amides is 1. The maximum Gasteiger partial charge on any atom is 0.259 e. The summed E-state index contributed by atoms with van der Waals surface area (Å²) in [7, 11) is 0. The van der Waals surface area contributed by atoms with Crippen LogP contribution in [0.1, 0.15) is 29.1 Å². The first kappa shape index (κ1) is 16.1. The molecule has 26 heavy (non-hydrogen) atoms. The number of hydrogen-bond donors (Lipinski definition) is 2. The molecule has 0 unspecified atom stereocenters. The van der Waals surface area contributed by atoms with Crippen LogP contribution in [0.25, 0.3) is 19.7 Å². The summed E-state index contributed by atoms with van der Waals surface area (Å²) in [6.07, 6.45) is 3.78. The molecule has 132 valence electrons. The van der Waals surface area contributed by atoms with E-state index in [0.29, 0.717) is 17.4 Å². The fourth-order valence-electron chi connectivity index (χ4n) is 3.30. The monoisotopic (exact) mass is 402 g/mol. The summed E-state index contributed by atoms with van der Waals surface area (Å²) in [4.78, 5) is 38.5. The van der Waals surface area contributed by atoms with Crippen LogP contribution in [0.4, 0.5) is 5.13 Å². The fraction of sp³-hybridized carbons (Fsp3) is 0.294. The Morgan fingerprint density at radius 1 is 1.27 bits per heavy atom. The molecule has 0 spiro atoms. The maximum atomic E-state index is 12.4. The molecule has 0 saturated heterocycles. The second kappa shape index (κ2) is 6.26. The molecular formula is C17H14N4O2S3. The Kier molecular flexibility index (Phi) is 3.87. The van der Waals surface area contributed by atoms with E-state index in [4.69, 9.17) is 0 Å². The molecule has 1 amide bonds. The maximum absolute atomic E-state index is 12.4. The molecule has 0 aliphatic heterocycles. The molecule has 4 aromatic heterocycles. The zero-order chi connectivity index (χ0) is 17.7. The van der Waals surface area contributed by atoms with E-state index in [1.54, 1.807) is 22.7 Å². The Labute approximate surface area is 159 Å². The van der Waals surface area contributed by atoms with Crippen LogP contribution in [0.2, 0.25) is 0 Å². The van der Waals surface area contributed by atoms with Crippen molar-refractivity contribution >= 4 is 64.8 Å². The first-order valence-corrected chi connectivity index (χ1v) is 10.9. The molecule has 0 bridgehead atoms. The van der Waals surface area contributed by atoms with Gasteiger partial charge in [-0.3, -0.25) is 9.59 Å². The van der Waals surface area contributed by atoms with Gasteiger partial charge in [0.25, 0.3) is 5.56 Å². The van der Waals surface area contributed by atoms with Crippen molar-refractivity contribution in [2.75, 3.05) is 5.32 Å². The van der Waals surface area contributed by atoms with Gasteiger partial charge >= 0.3 is 0 Å². The lowest BCUT2D eigenvalue weighted by atomic mass is 10.2. The van der Waals surface area contributed by atoms with Crippen molar-refractivity contribution in [3.8, 4) is 0 Å². The molecule has 0 saturated carbocycles. The number of hydrogen-bond acceptors (Lipinski definition) is 7. The van der Waals surface area contributed by atoms with Gasteiger partial charge in [0, 0.05) is 17.7 Å². The smallest absolute Gasteiger partial charge is 0.259 e. The van der Waals surface area contributed by atoms with Crippen LogP contribution in [-0.4, -0.2) is 20.9 Å². The summed E-state index contributed by atoms with van der Waals surface area (Å²) in [5.41, 5.74) is 2.01. The molecule has 0 radical (unpaired) electrons. The second-order valence-corrected chi connectivity index (χ2v) is 9.47. The van der Waals surface area contributed by atoms with E-state index in [-0.39, 0.29) is 17.9 Å². The Bertz CT molecular complexity index is 1170. The molecule has 6 nitrogen and oxygen atoms in total. The summed E-state index contributed by atoms with van der Waals surface area (Å²) in [6, 6.07) is 1.94. The lowest BCUT2D eigenvalue weighted by Crippen LogP contribution is -2.16. The number of carbonyl (C=O) groups excluding carboxylic acids is 1. The molecular weight excluding hydrogens is 388 g/mol. The minimum Gasteiger partial charge on any atom is -0.310 e. The summed E-state index contributed by atoms with van der Waals surface area (Å²) in [6.45, 7) is 0. The number of fused-ring (bicyclic) bond motifs is 4. The number of thiophene rings is 2. The SMILES string of the molecule is O=C(CCc1nc2sc3c(c2c(=O)[nH]1)CCC3)Nc1nc2ccsc2s1. The highest BCUT2D eigenvalue weighted by Gasteiger charge is 2.21. The van der Waals surface area contributed by atoms with Crippen molar-refractivity contribution in [3.63, 3.8) is 0 Å². The summed E-state index contributed by atoms with van der Waals surface area (Å²) < 4.78 is 1.10. The van der Waals surface area contributed by atoms with Crippen LogP contribution in [0.15, 0.2) is 16.2 Å². The van der Waals surface area contributed by atoms with Crippen molar-refractivity contribution in [2.24, 2.45) is 0 Å². The number of thiazole rings is 1. The predicted octanol–water partition coefficient (Wildman–Crippen LogP) is 3.72. The van der Waals surface area contributed by atoms with Crippen LogP contribution < -0.4 is 10.9 Å². The summed E-state index contributed by atoms with van der Waals surface area (Å²) >= 11 is 4.71. The lowest BCUT2D eigenvalue weighted by Gasteiger charge is -2.02. The van der Waals surface area contributed by atoms with E-state index in [2.05, 4.69) is 20.3 Å². The number of H-pyrrole nitrogens is 1. The minimum atomic E-state index is -0.122. The first-order chi connectivity index (χ1) is 12.7. The summed E-state index contributed by atoms with van der Waals surface area (Å²) in [5.74, 6) is 0.445. The fourth-order valence-corrected chi connectivity index (χ4v) is 6.43. The number of aromatic amines is 1. The molecule has 1 aliphatic rings. The highest BCUT2D eigenvalue weighted by atomic mass is 32.2. The molecule has 5 rings (SSSR count). The topological polar surface area (TPSA) is 87.7 Å². The van der Waals surface area contributed by atoms with Crippen molar-refractivity contribution in [1.29, 1.82) is 0 Å². The van der Waals surface area contributed by atoms with E-state index in [1.807, 2.05) is 11.4 Å². The van der Waals surface area contributed by atoms with Gasteiger partial charge < -0.3 is 10.3 Å². The Morgan fingerprint density at radius 2 is 2.19 bits per heavy atom.